The fourth-order valence-electron chi connectivity index (χ4n) is 2.77. The third kappa shape index (κ3) is 3.62. The predicted molar refractivity (Wildman–Crippen MR) is 91.1 cm³/mol. The molecule has 0 saturated carbocycles. The number of nitrogens with zero attached hydrogens (tertiary/aromatic N) is 4. The van der Waals surface area contributed by atoms with Crippen molar-refractivity contribution >= 4 is 23.3 Å². The summed E-state index contributed by atoms with van der Waals surface area (Å²) in [5.74, 6) is 1.77. The summed E-state index contributed by atoms with van der Waals surface area (Å²) in [6.07, 6.45) is 0. The zero-order chi connectivity index (χ0) is 16.4. The maximum absolute atomic E-state index is 12.5. The summed E-state index contributed by atoms with van der Waals surface area (Å²) in [5.41, 5.74) is 1.64. The number of carbonyl (C=O) groups is 1. The van der Waals surface area contributed by atoms with Gasteiger partial charge in [-0.3, -0.25) is 4.79 Å². The molecule has 1 saturated heterocycles. The Morgan fingerprint density at radius 3 is 2.30 bits per heavy atom. The topological polar surface area (TPSA) is 49.3 Å². The van der Waals surface area contributed by atoms with Gasteiger partial charge in [0.1, 0.15) is 11.6 Å². The zero-order valence-corrected chi connectivity index (χ0v) is 14.0. The Morgan fingerprint density at radius 1 is 1.04 bits per heavy atom. The molecule has 120 valence electrons. The Kier molecular flexibility index (Phi) is 4.48. The third-order valence-electron chi connectivity index (χ3n) is 3.93. The van der Waals surface area contributed by atoms with E-state index < -0.39 is 0 Å². The van der Waals surface area contributed by atoms with Crippen LogP contribution in [0.15, 0.2) is 30.3 Å². The first kappa shape index (κ1) is 15.7. The van der Waals surface area contributed by atoms with Crippen LogP contribution in [0.3, 0.4) is 0 Å². The number of hydrogen-bond donors (Lipinski definition) is 0. The van der Waals surface area contributed by atoms with Gasteiger partial charge in [-0.25, -0.2) is 9.97 Å². The second-order valence-corrected chi connectivity index (χ2v) is 6.14. The first-order chi connectivity index (χ1) is 11.0. The zero-order valence-electron chi connectivity index (χ0n) is 13.3. The molecule has 0 bridgehead atoms. The summed E-state index contributed by atoms with van der Waals surface area (Å²) in [6.45, 7) is 6.78. The highest BCUT2D eigenvalue weighted by Gasteiger charge is 2.23. The van der Waals surface area contributed by atoms with E-state index in [-0.39, 0.29) is 5.91 Å². The molecule has 2 aromatic rings. The second-order valence-electron chi connectivity index (χ2n) is 5.70. The van der Waals surface area contributed by atoms with Gasteiger partial charge in [0.05, 0.1) is 0 Å². The molecule has 0 atom stereocenters. The molecule has 0 unspecified atom stereocenters. The molecule has 3 rings (SSSR count). The molecule has 1 aromatic carbocycles. The summed E-state index contributed by atoms with van der Waals surface area (Å²) in [5, 5.41) is 0.640. The maximum atomic E-state index is 12.5. The van der Waals surface area contributed by atoms with Gasteiger partial charge in [-0.15, -0.1) is 0 Å². The number of benzene rings is 1. The fourth-order valence-corrected chi connectivity index (χ4v) is 2.90. The van der Waals surface area contributed by atoms with Crippen LogP contribution in [0, 0.1) is 13.8 Å². The number of anilines is 1. The Balaban J connectivity index is 1.66. The van der Waals surface area contributed by atoms with Crippen molar-refractivity contribution in [2.75, 3.05) is 31.1 Å². The number of aromatic nitrogens is 2. The van der Waals surface area contributed by atoms with Crippen molar-refractivity contribution in [3.05, 3.63) is 52.4 Å². The third-order valence-corrected chi connectivity index (χ3v) is 4.19. The minimum atomic E-state index is 0.0522. The monoisotopic (exact) mass is 330 g/mol. The number of amides is 1. The van der Waals surface area contributed by atoms with Crippen molar-refractivity contribution in [3.63, 3.8) is 0 Å². The molecule has 0 N–H and O–H groups in total. The van der Waals surface area contributed by atoms with Gasteiger partial charge in [0.15, 0.2) is 0 Å². The van der Waals surface area contributed by atoms with Gasteiger partial charge in [-0.1, -0.05) is 11.6 Å². The van der Waals surface area contributed by atoms with Crippen LogP contribution in [0.25, 0.3) is 0 Å². The molecular weight excluding hydrogens is 312 g/mol. The van der Waals surface area contributed by atoms with E-state index in [1.807, 2.05) is 24.8 Å². The minimum Gasteiger partial charge on any atom is -0.353 e. The number of hydrogen-bond acceptors (Lipinski definition) is 4. The summed E-state index contributed by atoms with van der Waals surface area (Å²) in [6, 6.07) is 9.03. The molecule has 5 nitrogen and oxygen atoms in total. The van der Waals surface area contributed by atoms with E-state index in [9.17, 15) is 4.79 Å². The quantitative estimate of drug-likeness (QED) is 0.849. The Hall–Kier alpha value is -2.14. The van der Waals surface area contributed by atoms with E-state index in [1.54, 1.807) is 24.3 Å². The fraction of sp³-hybridized carbons (Fsp3) is 0.353. The van der Waals surface area contributed by atoms with Gasteiger partial charge in [0.25, 0.3) is 5.91 Å². The van der Waals surface area contributed by atoms with Crippen molar-refractivity contribution in [2.24, 2.45) is 0 Å². The van der Waals surface area contributed by atoms with Gasteiger partial charge in [0, 0.05) is 48.5 Å². The van der Waals surface area contributed by atoms with Crippen LogP contribution in [0.1, 0.15) is 21.9 Å². The summed E-state index contributed by atoms with van der Waals surface area (Å²) < 4.78 is 0. The minimum absolute atomic E-state index is 0.0522. The van der Waals surface area contributed by atoms with Gasteiger partial charge < -0.3 is 9.80 Å². The first-order valence-electron chi connectivity index (χ1n) is 7.65. The molecule has 2 heterocycles. The van der Waals surface area contributed by atoms with Crippen molar-refractivity contribution in [2.45, 2.75) is 13.8 Å². The van der Waals surface area contributed by atoms with Crippen molar-refractivity contribution in [1.82, 2.24) is 14.9 Å². The molecule has 1 aliphatic rings. The van der Waals surface area contributed by atoms with Gasteiger partial charge >= 0.3 is 0 Å². The highest BCUT2D eigenvalue weighted by atomic mass is 35.5. The lowest BCUT2D eigenvalue weighted by Gasteiger charge is -2.35. The molecule has 0 radical (unpaired) electrons. The number of rotatable bonds is 2. The van der Waals surface area contributed by atoms with Crippen LogP contribution >= 0.6 is 11.6 Å². The van der Waals surface area contributed by atoms with Gasteiger partial charge in [-0.2, -0.15) is 0 Å². The molecule has 1 amide bonds. The molecule has 0 spiro atoms. The summed E-state index contributed by atoms with van der Waals surface area (Å²) in [4.78, 5) is 25.4. The molecule has 23 heavy (non-hydrogen) atoms. The van der Waals surface area contributed by atoms with Crippen molar-refractivity contribution in [1.29, 1.82) is 0 Å². The van der Waals surface area contributed by atoms with E-state index >= 15 is 0 Å². The SMILES string of the molecule is Cc1cc(N2CCN(C(=O)c3ccc(Cl)cc3)CC2)nc(C)n1. The number of halogens is 1. The van der Waals surface area contributed by atoms with E-state index in [2.05, 4.69) is 14.9 Å². The van der Waals surface area contributed by atoms with E-state index in [4.69, 9.17) is 11.6 Å². The standard InChI is InChI=1S/C17H19ClN4O/c1-12-11-16(20-13(2)19-12)21-7-9-22(10-8-21)17(23)14-3-5-15(18)6-4-14/h3-6,11H,7-10H2,1-2H3. The lowest BCUT2D eigenvalue weighted by molar-refractivity contribution is 0.0746. The van der Waals surface area contributed by atoms with Crippen LogP contribution in [0.5, 0.6) is 0 Å². The van der Waals surface area contributed by atoms with Gasteiger partial charge in [-0.05, 0) is 38.1 Å². The number of carbonyl (C=O) groups excluding carboxylic acids is 1. The summed E-state index contributed by atoms with van der Waals surface area (Å²) in [7, 11) is 0. The predicted octanol–water partition coefficient (Wildman–Crippen LogP) is 2.71. The summed E-state index contributed by atoms with van der Waals surface area (Å²) >= 11 is 5.87. The van der Waals surface area contributed by atoms with Crippen LogP contribution < -0.4 is 4.90 Å². The highest BCUT2D eigenvalue weighted by Crippen LogP contribution is 2.17. The average molecular weight is 331 g/mol. The second kappa shape index (κ2) is 6.54. The molecular formula is C17H19ClN4O. The maximum Gasteiger partial charge on any atom is 0.253 e. The Bertz CT molecular complexity index is 689. The highest BCUT2D eigenvalue weighted by molar-refractivity contribution is 6.30. The first-order valence-corrected chi connectivity index (χ1v) is 8.03. The van der Waals surface area contributed by atoms with Crippen molar-refractivity contribution in [3.8, 4) is 0 Å². The van der Waals surface area contributed by atoms with Crippen molar-refractivity contribution < 1.29 is 4.79 Å². The van der Waals surface area contributed by atoms with E-state index in [0.717, 1.165) is 30.4 Å². The lowest BCUT2D eigenvalue weighted by Crippen LogP contribution is -2.49. The van der Waals surface area contributed by atoms with Crippen LogP contribution in [-0.4, -0.2) is 47.0 Å². The molecule has 1 aliphatic heterocycles. The Morgan fingerprint density at radius 2 is 1.70 bits per heavy atom. The molecule has 6 heteroatoms. The Labute approximate surface area is 140 Å². The van der Waals surface area contributed by atoms with Crippen LogP contribution in [0.2, 0.25) is 5.02 Å². The molecule has 0 aliphatic carbocycles. The molecule has 1 aromatic heterocycles. The average Bonchev–Trinajstić information content (AvgIpc) is 2.54. The number of piperazine rings is 1. The smallest absolute Gasteiger partial charge is 0.253 e. The normalized spacial score (nSPS) is 14.9. The largest absolute Gasteiger partial charge is 0.353 e. The number of aryl methyl sites for hydroxylation is 2. The van der Waals surface area contributed by atoms with Crippen LogP contribution in [-0.2, 0) is 0 Å². The van der Waals surface area contributed by atoms with Crippen LogP contribution in [0.4, 0.5) is 5.82 Å². The van der Waals surface area contributed by atoms with Gasteiger partial charge in [0.2, 0.25) is 0 Å². The lowest BCUT2D eigenvalue weighted by atomic mass is 10.2. The van der Waals surface area contributed by atoms with E-state index in [0.29, 0.717) is 23.7 Å². The van der Waals surface area contributed by atoms with E-state index in [1.165, 1.54) is 0 Å². The molecule has 1 fully saturated rings.